The van der Waals surface area contributed by atoms with Gasteiger partial charge >= 0.3 is 0 Å². The van der Waals surface area contributed by atoms with Gasteiger partial charge in [-0.15, -0.1) is 0 Å². The van der Waals surface area contributed by atoms with E-state index in [2.05, 4.69) is 6.92 Å². The fourth-order valence-electron chi connectivity index (χ4n) is 7.08. The average molecular weight is 500 g/mol. The van der Waals surface area contributed by atoms with Crippen molar-refractivity contribution >= 4 is 34.2 Å². The summed E-state index contributed by atoms with van der Waals surface area (Å²) < 4.78 is 0.249. The first-order valence-corrected chi connectivity index (χ1v) is 11.7. The van der Waals surface area contributed by atoms with Crippen molar-refractivity contribution in [3.05, 3.63) is 23.8 Å². The third kappa shape index (κ3) is 2.60. The highest BCUT2D eigenvalue weighted by Gasteiger charge is 2.68. The number of aliphatic hydroxyl groups excluding tert-OH is 2. The van der Waals surface area contributed by atoms with Crippen LogP contribution >= 0.6 is 22.6 Å². The molecular formula is C22H29IO5. The molecule has 0 aromatic carbocycles. The number of ketones is 2. The second-order valence-electron chi connectivity index (χ2n) is 9.65. The lowest BCUT2D eigenvalue weighted by Gasteiger charge is -2.59. The summed E-state index contributed by atoms with van der Waals surface area (Å²) in [7, 11) is 0. The molecule has 6 heteroatoms. The minimum absolute atomic E-state index is 0.00897. The topological polar surface area (TPSA) is 94.8 Å². The van der Waals surface area contributed by atoms with E-state index in [4.69, 9.17) is 0 Å². The van der Waals surface area contributed by atoms with Crippen LogP contribution in [0.15, 0.2) is 23.8 Å². The van der Waals surface area contributed by atoms with Gasteiger partial charge in [-0.2, -0.15) is 0 Å². The van der Waals surface area contributed by atoms with Crippen LogP contribution in [-0.2, 0) is 9.59 Å². The maximum Gasteiger partial charge on any atom is 0.193 e. The first-order chi connectivity index (χ1) is 13.1. The molecule has 3 fully saturated rings. The highest BCUT2D eigenvalue weighted by molar-refractivity contribution is 14.1. The van der Waals surface area contributed by atoms with Gasteiger partial charge < -0.3 is 15.3 Å². The van der Waals surface area contributed by atoms with Gasteiger partial charge in [0, 0.05) is 21.2 Å². The maximum atomic E-state index is 12.9. The summed E-state index contributed by atoms with van der Waals surface area (Å²) >= 11 is 1.96. The van der Waals surface area contributed by atoms with Crippen LogP contribution in [-0.4, -0.2) is 49.1 Å². The van der Waals surface area contributed by atoms with Crippen molar-refractivity contribution in [1.29, 1.82) is 0 Å². The lowest BCUT2D eigenvalue weighted by molar-refractivity contribution is -0.181. The van der Waals surface area contributed by atoms with Crippen molar-refractivity contribution in [2.45, 2.75) is 63.8 Å². The summed E-state index contributed by atoms with van der Waals surface area (Å²) in [6.07, 6.45) is 6.48. The number of hydrogen-bond acceptors (Lipinski definition) is 5. The number of fused-ring (bicyclic) bond motifs is 5. The molecule has 5 nitrogen and oxygen atoms in total. The van der Waals surface area contributed by atoms with Crippen molar-refractivity contribution in [2.75, 3.05) is 4.43 Å². The summed E-state index contributed by atoms with van der Waals surface area (Å²) in [6, 6.07) is 0. The van der Waals surface area contributed by atoms with Crippen LogP contribution in [0.4, 0.5) is 0 Å². The van der Waals surface area contributed by atoms with Crippen molar-refractivity contribution < 1.29 is 24.9 Å². The number of carbonyl (C=O) groups is 2. The van der Waals surface area contributed by atoms with Gasteiger partial charge in [-0.3, -0.25) is 9.59 Å². The molecule has 0 aromatic rings. The molecule has 0 aromatic heterocycles. The van der Waals surface area contributed by atoms with Gasteiger partial charge in [0.2, 0.25) is 0 Å². The zero-order valence-electron chi connectivity index (χ0n) is 16.4. The van der Waals surface area contributed by atoms with E-state index >= 15 is 0 Å². The third-order valence-corrected chi connectivity index (χ3v) is 9.34. The van der Waals surface area contributed by atoms with Crippen LogP contribution in [0.3, 0.4) is 0 Å². The van der Waals surface area contributed by atoms with E-state index in [0.29, 0.717) is 12.8 Å². The monoisotopic (exact) mass is 500 g/mol. The normalized spacial score (nSPS) is 48.4. The molecule has 4 rings (SSSR count). The number of rotatable bonds is 3. The first-order valence-electron chi connectivity index (χ1n) is 10.2. The number of Topliss-reactive ketones (excluding diaryl/α,β-unsaturated/α-hetero) is 1. The number of allylic oxidation sites excluding steroid dienone is 4. The molecule has 0 amide bonds. The minimum Gasteiger partial charge on any atom is -0.393 e. The first kappa shape index (κ1) is 20.7. The number of aliphatic hydroxyl groups is 3. The maximum absolute atomic E-state index is 12.9. The van der Waals surface area contributed by atoms with Crippen LogP contribution in [0.25, 0.3) is 0 Å². The van der Waals surface area contributed by atoms with Crippen molar-refractivity contribution in [3.63, 3.8) is 0 Å². The van der Waals surface area contributed by atoms with Gasteiger partial charge in [0.05, 0.1) is 6.10 Å². The Morgan fingerprint density at radius 1 is 1.36 bits per heavy atom. The molecule has 3 N–H and O–H groups in total. The van der Waals surface area contributed by atoms with Crippen LogP contribution in [0, 0.1) is 28.6 Å². The van der Waals surface area contributed by atoms with Gasteiger partial charge in [-0.05, 0) is 56.1 Å². The quantitative estimate of drug-likeness (QED) is 0.409. The van der Waals surface area contributed by atoms with Crippen LogP contribution < -0.4 is 0 Å². The van der Waals surface area contributed by atoms with E-state index in [0.717, 1.165) is 24.8 Å². The molecule has 0 heterocycles. The predicted molar refractivity (Wildman–Crippen MR) is 113 cm³/mol. The van der Waals surface area contributed by atoms with Crippen LogP contribution in [0.5, 0.6) is 0 Å². The molecule has 0 spiro atoms. The molecule has 3 saturated carbocycles. The molecule has 0 saturated heterocycles. The van der Waals surface area contributed by atoms with E-state index in [1.54, 1.807) is 12.2 Å². The minimum atomic E-state index is -1.59. The number of alkyl halides is 1. The second-order valence-corrected chi connectivity index (χ2v) is 10.5. The lowest BCUT2D eigenvalue weighted by Crippen LogP contribution is -2.62. The molecule has 154 valence electrons. The third-order valence-electron chi connectivity index (χ3n) is 8.50. The van der Waals surface area contributed by atoms with Gasteiger partial charge in [0.1, 0.15) is 11.7 Å². The van der Waals surface area contributed by atoms with Gasteiger partial charge in [-0.25, -0.2) is 0 Å². The molecule has 1 unspecified atom stereocenters. The Balaban J connectivity index is 1.72. The summed E-state index contributed by atoms with van der Waals surface area (Å²) in [6.45, 7) is 4.03. The Kier molecular flexibility index (Phi) is 4.97. The van der Waals surface area contributed by atoms with E-state index < -0.39 is 29.0 Å². The van der Waals surface area contributed by atoms with Gasteiger partial charge in [0.15, 0.2) is 11.6 Å². The van der Waals surface area contributed by atoms with E-state index in [9.17, 15) is 24.9 Å². The Hall–Kier alpha value is -0.570. The van der Waals surface area contributed by atoms with Crippen LogP contribution in [0.1, 0.15) is 46.0 Å². The molecule has 0 aliphatic heterocycles. The Bertz CT molecular complexity index is 775. The van der Waals surface area contributed by atoms with Crippen molar-refractivity contribution in [2.24, 2.45) is 28.6 Å². The van der Waals surface area contributed by atoms with Crippen LogP contribution in [0.2, 0.25) is 0 Å². The smallest absolute Gasteiger partial charge is 0.193 e. The fourth-order valence-corrected chi connectivity index (χ4v) is 7.48. The fraction of sp³-hybridized carbons (Fsp3) is 0.727. The summed E-state index contributed by atoms with van der Waals surface area (Å²) in [5, 5.41) is 32.9. The lowest BCUT2D eigenvalue weighted by atomic mass is 9.46. The largest absolute Gasteiger partial charge is 0.393 e. The standard InChI is InChI=1S/C22H29IO5/c1-20-7-5-13(24)9-12(20)3-4-14-15-6-8-22(28,19(27)17(26)11-23)21(15,2)10-16(25)18(14)20/h5,7,9,14-18,25-26,28H,3-4,6,8,10-11H2,1-2H3/t14-,15-,16-,17?,18+,20-,21-,22-/m0/s1. The molecule has 0 bridgehead atoms. The van der Waals surface area contributed by atoms with Crippen molar-refractivity contribution in [3.8, 4) is 0 Å². The number of hydrogen-bond donors (Lipinski definition) is 3. The summed E-state index contributed by atoms with van der Waals surface area (Å²) in [5.74, 6) is -0.229. The Labute approximate surface area is 179 Å². The zero-order valence-corrected chi connectivity index (χ0v) is 18.6. The van der Waals surface area contributed by atoms with Gasteiger partial charge in [0.25, 0.3) is 0 Å². The van der Waals surface area contributed by atoms with Gasteiger partial charge in [-0.1, -0.05) is 48.1 Å². The molecule has 0 radical (unpaired) electrons. The number of halogens is 1. The Morgan fingerprint density at radius 3 is 2.75 bits per heavy atom. The molecule has 4 aliphatic carbocycles. The molecule has 4 aliphatic rings. The number of carbonyl (C=O) groups excluding carboxylic acids is 2. The molecule has 28 heavy (non-hydrogen) atoms. The second kappa shape index (κ2) is 6.72. The SMILES string of the molecule is C[C@]12C=CC(=O)C=C1CC[C@@H]1[C@@H]2[C@@H](O)C[C@@]2(C)[C@H]1CC[C@]2(O)C(=O)C(O)CI. The van der Waals surface area contributed by atoms with E-state index in [1.165, 1.54) is 0 Å². The Morgan fingerprint density at radius 2 is 2.07 bits per heavy atom. The van der Waals surface area contributed by atoms with E-state index in [1.807, 2.05) is 35.6 Å². The summed E-state index contributed by atoms with van der Waals surface area (Å²) in [5.41, 5.74) is -1.61. The average Bonchev–Trinajstić information content (AvgIpc) is 2.92. The highest BCUT2D eigenvalue weighted by Crippen LogP contribution is 2.67. The molecule has 8 atom stereocenters. The molecular weight excluding hydrogens is 471 g/mol. The van der Waals surface area contributed by atoms with Crippen molar-refractivity contribution in [1.82, 2.24) is 0 Å². The highest BCUT2D eigenvalue weighted by atomic mass is 127. The predicted octanol–water partition coefficient (Wildman–Crippen LogP) is 2.36. The van der Waals surface area contributed by atoms with E-state index in [-0.39, 0.29) is 33.4 Å². The zero-order chi connectivity index (χ0) is 20.5. The summed E-state index contributed by atoms with van der Waals surface area (Å²) in [4.78, 5) is 24.8.